The highest BCUT2D eigenvalue weighted by Crippen LogP contribution is 2.27. The molecule has 1 fully saturated rings. The Labute approximate surface area is 227 Å². The lowest BCUT2D eigenvalue weighted by molar-refractivity contribution is -0.174. The molecule has 1 aromatic heterocycles. The summed E-state index contributed by atoms with van der Waals surface area (Å²) in [5.41, 5.74) is 5.72. The van der Waals surface area contributed by atoms with Crippen LogP contribution >= 0.6 is 0 Å². The largest absolute Gasteiger partial charge is 0.472 e. The van der Waals surface area contributed by atoms with E-state index in [1.165, 1.54) is 39.5 Å². The fraction of sp³-hybridized carbons (Fsp3) is 0.231. The molecule has 0 bridgehead atoms. The molecule has 40 heavy (non-hydrogen) atoms. The number of aromatic nitrogens is 1. The van der Waals surface area contributed by atoms with Crippen molar-refractivity contribution in [3.05, 3.63) is 84.2 Å². The van der Waals surface area contributed by atoms with Gasteiger partial charge in [-0.25, -0.2) is 13.2 Å². The van der Waals surface area contributed by atoms with Gasteiger partial charge in [-0.15, -0.1) is 0 Å². The molecule has 1 aliphatic rings. The first-order valence-corrected chi connectivity index (χ1v) is 13.8. The van der Waals surface area contributed by atoms with Gasteiger partial charge in [0.2, 0.25) is 0 Å². The van der Waals surface area contributed by atoms with E-state index in [0.717, 1.165) is 11.1 Å². The van der Waals surface area contributed by atoms with Crippen molar-refractivity contribution in [1.29, 1.82) is 0 Å². The maximum absolute atomic E-state index is 13.6. The SMILES string of the molecule is O=C(NNC(=O)C(F)(F)F)c1ccc(CN(C(=O)N2CCS(=O)(=O)CC2)c2cccc(-c3cccnc3)c2)cc1. The van der Waals surface area contributed by atoms with Gasteiger partial charge in [-0.2, -0.15) is 13.2 Å². The van der Waals surface area contributed by atoms with E-state index in [-0.39, 0.29) is 36.7 Å². The minimum atomic E-state index is -5.15. The first kappa shape index (κ1) is 28.5. The number of anilines is 1. The number of hydrogen-bond acceptors (Lipinski definition) is 6. The average Bonchev–Trinajstić information content (AvgIpc) is 2.94. The first-order chi connectivity index (χ1) is 18.9. The van der Waals surface area contributed by atoms with Crippen LogP contribution in [-0.4, -0.2) is 66.9 Å². The van der Waals surface area contributed by atoms with Gasteiger partial charge in [0.25, 0.3) is 5.91 Å². The highest BCUT2D eigenvalue weighted by molar-refractivity contribution is 7.91. The lowest BCUT2D eigenvalue weighted by Crippen LogP contribution is -2.49. The van der Waals surface area contributed by atoms with Gasteiger partial charge in [-0.1, -0.05) is 30.3 Å². The molecule has 4 rings (SSSR count). The molecule has 0 aliphatic carbocycles. The molecule has 1 saturated heterocycles. The minimum Gasteiger partial charge on any atom is -0.322 e. The molecule has 0 saturated carbocycles. The Balaban J connectivity index is 1.56. The second-order valence-corrected chi connectivity index (χ2v) is 11.2. The van der Waals surface area contributed by atoms with E-state index in [1.807, 2.05) is 12.1 Å². The van der Waals surface area contributed by atoms with Gasteiger partial charge in [0.15, 0.2) is 9.84 Å². The third-order valence-electron chi connectivity index (χ3n) is 6.10. The number of carbonyl (C=O) groups is 3. The van der Waals surface area contributed by atoms with Crippen molar-refractivity contribution in [2.75, 3.05) is 29.5 Å². The zero-order chi connectivity index (χ0) is 28.9. The van der Waals surface area contributed by atoms with Crippen LogP contribution in [0, 0.1) is 0 Å². The van der Waals surface area contributed by atoms with Crippen LogP contribution in [0.25, 0.3) is 11.1 Å². The van der Waals surface area contributed by atoms with E-state index in [9.17, 15) is 36.0 Å². The lowest BCUT2D eigenvalue weighted by Gasteiger charge is -2.33. The summed E-state index contributed by atoms with van der Waals surface area (Å²) in [5.74, 6) is -3.56. The van der Waals surface area contributed by atoms with E-state index in [0.29, 0.717) is 11.3 Å². The number of amides is 4. The molecule has 1 aliphatic heterocycles. The number of hydrazine groups is 1. The molecule has 0 spiro atoms. The summed E-state index contributed by atoms with van der Waals surface area (Å²) in [7, 11) is -3.22. The van der Waals surface area contributed by atoms with Gasteiger partial charge in [0, 0.05) is 42.3 Å². The lowest BCUT2D eigenvalue weighted by atomic mass is 10.1. The van der Waals surface area contributed by atoms with Gasteiger partial charge < -0.3 is 4.90 Å². The third kappa shape index (κ3) is 7.14. The molecule has 2 N–H and O–H groups in total. The number of urea groups is 1. The predicted molar refractivity (Wildman–Crippen MR) is 140 cm³/mol. The number of hydrogen-bond donors (Lipinski definition) is 2. The van der Waals surface area contributed by atoms with Crippen LogP contribution in [0.4, 0.5) is 23.7 Å². The van der Waals surface area contributed by atoms with Crippen LogP contribution < -0.4 is 15.8 Å². The molecular formula is C26H24F3N5O5S. The van der Waals surface area contributed by atoms with Crippen LogP contribution in [0.5, 0.6) is 0 Å². The number of nitrogens with one attached hydrogen (secondary N) is 2. The normalized spacial score (nSPS) is 14.7. The Kier molecular flexibility index (Phi) is 8.38. The number of rotatable bonds is 5. The highest BCUT2D eigenvalue weighted by Gasteiger charge is 2.39. The van der Waals surface area contributed by atoms with Gasteiger partial charge in [0.05, 0.1) is 18.1 Å². The van der Waals surface area contributed by atoms with Crippen molar-refractivity contribution >= 4 is 33.4 Å². The molecular weight excluding hydrogens is 551 g/mol. The highest BCUT2D eigenvalue weighted by atomic mass is 32.2. The second-order valence-electron chi connectivity index (χ2n) is 8.90. The quantitative estimate of drug-likeness (QED) is 0.451. The maximum atomic E-state index is 13.6. The standard InChI is InChI=1S/C26H24F3N5O5S/c27-26(28,29)24(36)32-31-23(35)19-8-6-18(7-9-19)17-34(25(37)33-11-13-40(38,39)14-12-33)22-5-1-3-20(15-22)21-4-2-10-30-16-21/h1-10,15-16H,11-14,17H2,(H,31,35)(H,32,36). The van der Waals surface area contributed by atoms with Gasteiger partial charge >= 0.3 is 18.1 Å². The van der Waals surface area contributed by atoms with E-state index >= 15 is 0 Å². The second kappa shape index (κ2) is 11.7. The number of alkyl halides is 3. The molecule has 14 heteroatoms. The summed E-state index contributed by atoms with van der Waals surface area (Å²) in [6, 6.07) is 16.2. The Morgan fingerprint density at radius 3 is 2.23 bits per heavy atom. The first-order valence-electron chi connectivity index (χ1n) is 12.0. The van der Waals surface area contributed by atoms with Crippen molar-refractivity contribution in [3.63, 3.8) is 0 Å². The Morgan fingerprint density at radius 2 is 1.60 bits per heavy atom. The summed E-state index contributed by atoms with van der Waals surface area (Å²) in [6.45, 7) is 0.136. The van der Waals surface area contributed by atoms with Crippen molar-refractivity contribution in [2.24, 2.45) is 0 Å². The number of sulfone groups is 1. The Morgan fingerprint density at radius 1 is 0.925 bits per heavy atom. The monoisotopic (exact) mass is 575 g/mol. The summed E-state index contributed by atoms with van der Waals surface area (Å²) >= 11 is 0. The number of halogens is 3. The zero-order valence-corrected chi connectivity index (χ0v) is 21.7. The van der Waals surface area contributed by atoms with E-state index in [1.54, 1.807) is 42.1 Å². The molecule has 2 aromatic carbocycles. The minimum absolute atomic E-state index is 0.0242. The van der Waals surface area contributed by atoms with E-state index in [2.05, 4.69) is 4.98 Å². The summed E-state index contributed by atoms with van der Waals surface area (Å²) in [6.07, 6.45) is -1.83. The number of benzene rings is 2. The predicted octanol–water partition coefficient (Wildman–Crippen LogP) is 2.93. The number of carbonyl (C=O) groups excluding carboxylic acids is 3. The topological polar surface area (TPSA) is 129 Å². The zero-order valence-electron chi connectivity index (χ0n) is 20.9. The average molecular weight is 576 g/mol. The smallest absolute Gasteiger partial charge is 0.322 e. The maximum Gasteiger partial charge on any atom is 0.472 e. The van der Waals surface area contributed by atoms with Crippen LogP contribution in [0.15, 0.2) is 73.1 Å². The number of pyridine rings is 1. The molecule has 210 valence electrons. The third-order valence-corrected chi connectivity index (χ3v) is 7.71. The number of nitrogens with zero attached hydrogens (tertiary/aromatic N) is 3. The van der Waals surface area contributed by atoms with Crippen LogP contribution in [-0.2, 0) is 21.2 Å². The fourth-order valence-corrected chi connectivity index (χ4v) is 5.13. The molecule has 4 amide bonds. The van der Waals surface area contributed by atoms with E-state index in [4.69, 9.17) is 0 Å². The van der Waals surface area contributed by atoms with Gasteiger partial charge in [-0.3, -0.25) is 30.3 Å². The van der Waals surface area contributed by atoms with Crippen LogP contribution in [0.2, 0.25) is 0 Å². The fourth-order valence-electron chi connectivity index (χ4n) is 3.93. The molecule has 2 heterocycles. The summed E-state index contributed by atoms with van der Waals surface area (Å²) in [4.78, 5) is 43.8. The molecule has 10 nitrogen and oxygen atoms in total. The van der Waals surface area contributed by atoms with Crippen molar-refractivity contribution in [2.45, 2.75) is 12.7 Å². The van der Waals surface area contributed by atoms with Crippen molar-refractivity contribution in [3.8, 4) is 11.1 Å². The van der Waals surface area contributed by atoms with Gasteiger partial charge in [0.1, 0.15) is 0 Å². The summed E-state index contributed by atoms with van der Waals surface area (Å²) < 4.78 is 60.8. The Hall–Kier alpha value is -4.46. The molecule has 0 radical (unpaired) electrons. The molecule has 3 aromatic rings. The van der Waals surface area contributed by atoms with Crippen LogP contribution in [0.3, 0.4) is 0 Å². The van der Waals surface area contributed by atoms with Gasteiger partial charge in [-0.05, 0) is 41.5 Å². The van der Waals surface area contributed by atoms with E-state index < -0.39 is 33.9 Å². The Bertz CT molecular complexity index is 1490. The summed E-state index contributed by atoms with van der Waals surface area (Å²) in [5, 5.41) is 0. The van der Waals surface area contributed by atoms with Crippen molar-refractivity contribution in [1.82, 2.24) is 20.7 Å². The van der Waals surface area contributed by atoms with Crippen LogP contribution in [0.1, 0.15) is 15.9 Å². The van der Waals surface area contributed by atoms with Crippen molar-refractivity contribution < 1.29 is 36.0 Å². The molecule has 0 unspecified atom stereocenters. The molecule has 0 atom stereocenters.